The highest BCUT2D eigenvalue weighted by Crippen LogP contribution is 2.40. The molecule has 0 spiro atoms. The van der Waals surface area contributed by atoms with Gasteiger partial charge in [0.2, 0.25) is 0 Å². The van der Waals surface area contributed by atoms with Crippen molar-refractivity contribution in [2.45, 2.75) is 19.3 Å². The summed E-state index contributed by atoms with van der Waals surface area (Å²) in [6.07, 6.45) is 0.297. The highest BCUT2D eigenvalue weighted by molar-refractivity contribution is 5.78. The van der Waals surface area contributed by atoms with Gasteiger partial charge in [-0.3, -0.25) is 4.79 Å². The maximum absolute atomic E-state index is 11.8. The molecule has 4 heteroatoms. The number of fused-ring (bicyclic) bond motifs is 1. The minimum Gasteiger partial charge on any atom is -0.508 e. The number of aromatic hydroxyl groups is 1. The molecule has 3 rings (SSSR count). The van der Waals surface area contributed by atoms with Gasteiger partial charge in [-0.15, -0.1) is 0 Å². The molecular formula is C17H16O4. The van der Waals surface area contributed by atoms with Crippen LogP contribution in [-0.2, 0) is 4.79 Å². The molecule has 21 heavy (non-hydrogen) atoms. The lowest BCUT2D eigenvalue weighted by Crippen LogP contribution is -2.20. The molecule has 1 aliphatic rings. The average molecular weight is 284 g/mol. The first kappa shape index (κ1) is 13.5. The summed E-state index contributed by atoms with van der Waals surface area (Å²) in [5.41, 5.74) is 1.94. The van der Waals surface area contributed by atoms with Gasteiger partial charge in [0.05, 0.1) is 13.0 Å². The lowest BCUT2D eigenvalue weighted by Gasteiger charge is -2.25. The zero-order valence-corrected chi connectivity index (χ0v) is 11.7. The molecule has 1 aliphatic heterocycles. The van der Waals surface area contributed by atoms with Crippen molar-refractivity contribution in [2.75, 3.05) is 6.61 Å². The fourth-order valence-electron chi connectivity index (χ4n) is 2.60. The van der Waals surface area contributed by atoms with Gasteiger partial charge in [-0.25, -0.2) is 0 Å². The van der Waals surface area contributed by atoms with Gasteiger partial charge in [0.25, 0.3) is 0 Å². The molecule has 0 radical (unpaired) electrons. The van der Waals surface area contributed by atoms with Gasteiger partial charge in [-0.2, -0.15) is 0 Å². The minimum absolute atomic E-state index is 0.0578. The molecule has 0 amide bonds. The number of phenols is 1. The van der Waals surface area contributed by atoms with E-state index in [2.05, 4.69) is 0 Å². The zero-order chi connectivity index (χ0) is 14.8. The van der Waals surface area contributed by atoms with E-state index in [0.29, 0.717) is 18.8 Å². The number of hydrogen-bond donors (Lipinski definition) is 1. The van der Waals surface area contributed by atoms with Crippen LogP contribution in [0.1, 0.15) is 30.4 Å². The lowest BCUT2D eigenvalue weighted by atomic mass is 9.86. The summed E-state index contributed by atoms with van der Waals surface area (Å²) < 4.78 is 10.6. The number of esters is 1. The average Bonchev–Trinajstić information content (AvgIpc) is 2.47. The van der Waals surface area contributed by atoms with Crippen molar-refractivity contribution in [2.24, 2.45) is 0 Å². The van der Waals surface area contributed by atoms with Crippen LogP contribution in [0.3, 0.4) is 0 Å². The summed E-state index contributed by atoms with van der Waals surface area (Å²) in [4.78, 5) is 11.8. The summed E-state index contributed by atoms with van der Waals surface area (Å²) >= 11 is 0. The van der Waals surface area contributed by atoms with Crippen LogP contribution in [0.5, 0.6) is 17.2 Å². The largest absolute Gasteiger partial charge is 0.508 e. The van der Waals surface area contributed by atoms with Gasteiger partial charge in [0.15, 0.2) is 0 Å². The number of ether oxygens (including phenoxy) is 2. The monoisotopic (exact) mass is 284 g/mol. The van der Waals surface area contributed by atoms with Gasteiger partial charge < -0.3 is 14.6 Å². The molecule has 108 valence electrons. The predicted octanol–water partition coefficient (Wildman–Crippen LogP) is 3.23. The first-order valence-corrected chi connectivity index (χ1v) is 6.93. The van der Waals surface area contributed by atoms with Crippen molar-refractivity contribution in [3.8, 4) is 17.2 Å². The van der Waals surface area contributed by atoms with E-state index in [4.69, 9.17) is 9.47 Å². The van der Waals surface area contributed by atoms with Crippen molar-refractivity contribution < 1.29 is 19.4 Å². The first-order valence-electron chi connectivity index (χ1n) is 6.93. The molecular weight excluding hydrogens is 268 g/mol. The second kappa shape index (κ2) is 5.48. The van der Waals surface area contributed by atoms with E-state index in [1.807, 2.05) is 31.2 Å². The van der Waals surface area contributed by atoms with Crippen LogP contribution in [0, 0.1) is 0 Å². The van der Waals surface area contributed by atoms with Gasteiger partial charge >= 0.3 is 5.97 Å². The Morgan fingerprint density at radius 2 is 2.00 bits per heavy atom. The summed E-state index contributed by atoms with van der Waals surface area (Å²) in [6, 6.07) is 12.6. The fourth-order valence-corrected chi connectivity index (χ4v) is 2.60. The van der Waals surface area contributed by atoms with Crippen LogP contribution in [0.2, 0.25) is 0 Å². The van der Waals surface area contributed by atoms with Gasteiger partial charge in [-0.1, -0.05) is 18.2 Å². The Morgan fingerprint density at radius 1 is 1.24 bits per heavy atom. The normalized spacial score (nSPS) is 17.0. The van der Waals surface area contributed by atoms with E-state index in [9.17, 15) is 9.90 Å². The van der Waals surface area contributed by atoms with Crippen LogP contribution in [0.15, 0.2) is 42.5 Å². The quantitative estimate of drug-likeness (QED) is 0.694. The Labute approximate surface area is 122 Å². The molecule has 0 bridgehead atoms. The number of hydrogen-bond acceptors (Lipinski definition) is 4. The maximum Gasteiger partial charge on any atom is 0.312 e. The summed E-state index contributed by atoms with van der Waals surface area (Å²) in [6.45, 7) is 2.56. The second-order valence-corrected chi connectivity index (χ2v) is 4.95. The summed E-state index contributed by atoms with van der Waals surface area (Å²) in [5, 5.41) is 9.52. The third-order valence-corrected chi connectivity index (χ3v) is 3.56. The summed E-state index contributed by atoms with van der Waals surface area (Å²) in [7, 11) is 0. The zero-order valence-electron chi connectivity index (χ0n) is 11.7. The SMILES string of the molecule is CCOc1ccc(C2CC(=O)Oc3cc(O)ccc32)cc1. The maximum atomic E-state index is 11.8. The number of carbonyl (C=O) groups excluding carboxylic acids is 1. The summed E-state index contributed by atoms with van der Waals surface area (Å²) in [5.74, 6) is 0.995. The second-order valence-electron chi connectivity index (χ2n) is 4.95. The van der Waals surface area contributed by atoms with Crippen LogP contribution in [-0.4, -0.2) is 17.7 Å². The van der Waals surface area contributed by atoms with Crippen LogP contribution in [0.25, 0.3) is 0 Å². The Bertz CT molecular complexity index is 661. The van der Waals surface area contributed by atoms with Crippen LogP contribution >= 0.6 is 0 Å². The molecule has 0 saturated heterocycles. The predicted molar refractivity (Wildman–Crippen MR) is 77.8 cm³/mol. The third kappa shape index (κ3) is 2.70. The van der Waals surface area contributed by atoms with Crippen molar-refractivity contribution in [3.63, 3.8) is 0 Å². The van der Waals surface area contributed by atoms with Gasteiger partial charge in [0, 0.05) is 17.5 Å². The van der Waals surface area contributed by atoms with Crippen LogP contribution < -0.4 is 9.47 Å². The third-order valence-electron chi connectivity index (χ3n) is 3.56. The molecule has 1 N–H and O–H groups in total. The van der Waals surface area contributed by atoms with E-state index in [0.717, 1.165) is 16.9 Å². The highest BCUT2D eigenvalue weighted by Gasteiger charge is 2.28. The molecule has 4 nitrogen and oxygen atoms in total. The smallest absolute Gasteiger partial charge is 0.312 e. The Hall–Kier alpha value is -2.49. The van der Waals surface area contributed by atoms with Crippen LogP contribution in [0.4, 0.5) is 0 Å². The highest BCUT2D eigenvalue weighted by atomic mass is 16.5. The molecule has 1 atom stereocenters. The van der Waals surface area contributed by atoms with Gasteiger partial charge in [0.1, 0.15) is 17.2 Å². The number of phenolic OH excluding ortho intramolecular Hbond substituents is 1. The number of rotatable bonds is 3. The molecule has 0 fully saturated rings. The molecule has 0 aliphatic carbocycles. The van der Waals surface area contributed by atoms with Crippen molar-refractivity contribution >= 4 is 5.97 Å². The van der Waals surface area contributed by atoms with Crippen molar-refractivity contribution in [1.82, 2.24) is 0 Å². The van der Waals surface area contributed by atoms with Crippen molar-refractivity contribution in [1.29, 1.82) is 0 Å². The van der Waals surface area contributed by atoms with E-state index < -0.39 is 0 Å². The fraction of sp³-hybridized carbons (Fsp3) is 0.235. The molecule has 0 aromatic heterocycles. The minimum atomic E-state index is -0.285. The standard InChI is InChI=1S/C17H16O4/c1-2-20-13-6-3-11(4-7-13)15-10-17(19)21-16-9-12(18)5-8-14(15)16/h3-9,15,18H,2,10H2,1H3. The van der Waals surface area contributed by atoms with E-state index in [1.54, 1.807) is 12.1 Å². The topological polar surface area (TPSA) is 55.8 Å². The molecule has 1 unspecified atom stereocenters. The Morgan fingerprint density at radius 3 is 2.71 bits per heavy atom. The number of benzene rings is 2. The first-order chi connectivity index (χ1) is 10.2. The molecule has 2 aromatic rings. The lowest BCUT2D eigenvalue weighted by molar-refractivity contribution is -0.135. The molecule has 1 heterocycles. The Kier molecular flexibility index (Phi) is 3.52. The van der Waals surface area contributed by atoms with E-state index in [1.165, 1.54) is 6.07 Å². The Balaban J connectivity index is 1.97. The van der Waals surface area contributed by atoms with E-state index in [-0.39, 0.29) is 17.6 Å². The molecule has 0 saturated carbocycles. The number of carbonyl (C=O) groups is 1. The van der Waals surface area contributed by atoms with Crippen molar-refractivity contribution in [3.05, 3.63) is 53.6 Å². The van der Waals surface area contributed by atoms with Gasteiger partial charge in [-0.05, 0) is 30.7 Å². The van der Waals surface area contributed by atoms with E-state index >= 15 is 0 Å². The molecule has 2 aromatic carbocycles.